The average molecular weight is 334 g/mol. The Morgan fingerprint density at radius 1 is 1.46 bits per heavy atom. The molecule has 2 aliphatic carbocycles. The molecule has 0 saturated heterocycles. The summed E-state index contributed by atoms with van der Waals surface area (Å²) >= 11 is 0. The van der Waals surface area contributed by atoms with Gasteiger partial charge in [-0.15, -0.1) is 0 Å². The zero-order valence-electron chi connectivity index (χ0n) is 14.9. The minimum absolute atomic E-state index is 0.0254. The molecule has 134 valence electrons. The molecule has 0 bridgehead atoms. The molecule has 2 aliphatic rings. The van der Waals surface area contributed by atoms with Gasteiger partial charge in [0.1, 0.15) is 0 Å². The molecule has 0 unspecified atom stereocenters. The standard InChI is InChI=1S/C18H30N4O2/c1-3-24-16-11-15(18(16)8-6-9-18)21-17(23)19-10-5-4-7-14-12-20-22(2)13-14/h12-13,15-16H,3-11H2,1-2H3,(H2,19,21,23)/t15-,16+/m1/s1. The number of amides is 2. The van der Waals surface area contributed by atoms with Crippen LogP contribution < -0.4 is 10.6 Å². The van der Waals surface area contributed by atoms with E-state index in [0.717, 1.165) is 38.8 Å². The molecule has 2 atom stereocenters. The molecule has 24 heavy (non-hydrogen) atoms. The highest BCUT2D eigenvalue weighted by Gasteiger charge is 2.59. The summed E-state index contributed by atoms with van der Waals surface area (Å²) in [7, 11) is 1.93. The topological polar surface area (TPSA) is 68.2 Å². The van der Waals surface area contributed by atoms with E-state index in [9.17, 15) is 4.79 Å². The lowest BCUT2D eigenvalue weighted by molar-refractivity contribution is -0.169. The first-order valence-corrected chi connectivity index (χ1v) is 9.27. The van der Waals surface area contributed by atoms with E-state index >= 15 is 0 Å². The van der Waals surface area contributed by atoms with Crippen molar-refractivity contribution in [3.05, 3.63) is 18.0 Å². The van der Waals surface area contributed by atoms with Crippen molar-refractivity contribution in [3.63, 3.8) is 0 Å². The van der Waals surface area contributed by atoms with E-state index in [4.69, 9.17) is 4.74 Å². The van der Waals surface area contributed by atoms with Crippen molar-refractivity contribution in [2.75, 3.05) is 13.2 Å². The summed E-state index contributed by atoms with van der Waals surface area (Å²) in [4.78, 5) is 12.1. The number of nitrogens with one attached hydrogen (secondary N) is 2. The van der Waals surface area contributed by atoms with E-state index in [1.807, 2.05) is 31.0 Å². The van der Waals surface area contributed by atoms with Crippen LogP contribution >= 0.6 is 0 Å². The number of hydrogen-bond acceptors (Lipinski definition) is 3. The van der Waals surface area contributed by atoms with Crippen LogP contribution in [-0.4, -0.2) is 41.1 Å². The van der Waals surface area contributed by atoms with Gasteiger partial charge in [-0.3, -0.25) is 4.68 Å². The van der Waals surface area contributed by atoms with Gasteiger partial charge in [-0.25, -0.2) is 4.79 Å². The predicted molar refractivity (Wildman–Crippen MR) is 92.8 cm³/mol. The van der Waals surface area contributed by atoms with Gasteiger partial charge in [0.25, 0.3) is 0 Å². The molecular weight excluding hydrogens is 304 g/mol. The van der Waals surface area contributed by atoms with Crippen molar-refractivity contribution in [2.24, 2.45) is 12.5 Å². The molecule has 2 fully saturated rings. The Labute approximate surface area is 144 Å². The molecule has 1 aromatic heterocycles. The van der Waals surface area contributed by atoms with Gasteiger partial charge >= 0.3 is 6.03 Å². The number of aromatic nitrogens is 2. The van der Waals surface area contributed by atoms with Gasteiger partial charge in [-0.1, -0.05) is 6.42 Å². The molecule has 0 radical (unpaired) electrons. The molecule has 0 aliphatic heterocycles. The number of nitrogens with zero attached hydrogens (tertiary/aromatic N) is 2. The lowest BCUT2D eigenvalue weighted by atomic mass is 9.51. The Morgan fingerprint density at radius 2 is 2.29 bits per heavy atom. The summed E-state index contributed by atoms with van der Waals surface area (Å²) in [6, 6.07) is 0.265. The maximum atomic E-state index is 12.1. The normalized spacial score (nSPS) is 24.2. The highest BCUT2D eigenvalue weighted by atomic mass is 16.5. The first-order chi connectivity index (χ1) is 11.6. The molecule has 6 heteroatoms. The molecule has 1 spiro atoms. The minimum Gasteiger partial charge on any atom is -0.378 e. The summed E-state index contributed by atoms with van der Waals surface area (Å²) in [5.74, 6) is 0. The van der Waals surface area contributed by atoms with Gasteiger partial charge in [0, 0.05) is 37.9 Å². The second kappa shape index (κ2) is 7.55. The average Bonchev–Trinajstić information content (AvgIpc) is 2.89. The highest BCUT2D eigenvalue weighted by molar-refractivity contribution is 5.74. The van der Waals surface area contributed by atoms with Gasteiger partial charge in [-0.2, -0.15) is 5.10 Å². The second-order valence-electron chi connectivity index (χ2n) is 7.20. The fraction of sp³-hybridized carbons (Fsp3) is 0.778. The molecule has 2 saturated carbocycles. The first-order valence-electron chi connectivity index (χ1n) is 9.27. The second-order valence-corrected chi connectivity index (χ2v) is 7.20. The van der Waals surface area contributed by atoms with E-state index in [1.165, 1.54) is 24.8 Å². The number of rotatable bonds is 8. The Balaban J connectivity index is 1.30. The van der Waals surface area contributed by atoms with Crippen LogP contribution in [0.1, 0.15) is 51.0 Å². The van der Waals surface area contributed by atoms with Crippen LogP contribution in [0, 0.1) is 5.41 Å². The van der Waals surface area contributed by atoms with Gasteiger partial charge in [0.15, 0.2) is 0 Å². The third-order valence-corrected chi connectivity index (χ3v) is 5.68. The molecule has 6 nitrogen and oxygen atoms in total. The maximum absolute atomic E-state index is 12.1. The summed E-state index contributed by atoms with van der Waals surface area (Å²) in [5.41, 5.74) is 1.48. The van der Waals surface area contributed by atoms with Gasteiger partial charge in [0.05, 0.1) is 12.3 Å². The van der Waals surface area contributed by atoms with E-state index in [1.54, 1.807) is 0 Å². The smallest absolute Gasteiger partial charge is 0.315 e. The molecule has 1 aromatic rings. The first kappa shape index (κ1) is 17.3. The lowest BCUT2D eigenvalue weighted by Gasteiger charge is -2.60. The zero-order valence-corrected chi connectivity index (χ0v) is 14.9. The van der Waals surface area contributed by atoms with Crippen LogP contribution in [0.15, 0.2) is 12.4 Å². The van der Waals surface area contributed by atoms with Gasteiger partial charge < -0.3 is 15.4 Å². The maximum Gasteiger partial charge on any atom is 0.315 e. The van der Waals surface area contributed by atoms with E-state index in [0.29, 0.717) is 6.10 Å². The number of ether oxygens (including phenoxy) is 1. The summed E-state index contributed by atoms with van der Waals surface area (Å²) in [5, 5.41) is 10.3. The van der Waals surface area contributed by atoms with Crippen LogP contribution in [0.5, 0.6) is 0 Å². The molecule has 0 aromatic carbocycles. The van der Waals surface area contributed by atoms with Crippen LogP contribution in [0.25, 0.3) is 0 Å². The Hall–Kier alpha value is -1.56. The molecule has 3 rings (SSSR count). The number of carbonyl (C=O) groups excluding carboxylic acids is 1. The summed E-state index contributed by atoms with van der Waals surface area (Å²) < 4.78 is 7.65. The van der Waals surface area contributed by atoms with Crippen molar-refractivity contribution in [3.8, 4) is 0 Å². The van der Waals surface area contributed by atoms with Crippen LogP contribution in [0.4, 0.5) is 4.79 Å². The predicted octanol–water partition coefficient (Wildman–Crippen LogP) is 2.39. The number of aryl methyl sites for hydroxylation is 2. The van der Waals surface area contributed by atoms with E-state index in [2.05, 4.69) is 15.7 Å². The highest BCUT2D eigenvalue weighted by Crippen LogP contribution is 2.57. The number of hydrogen-bond donors (Lipinski definition) is 2. The van der Waals surface area contributed by atoms with Crippen LogP contribution in [-0.2, 0) is 18.2 Å². The van der Waals surface area contributed by atoms with Crippen molar-refractivity contribution < 1.29 is 9.53 Å². The molecule has 2 N–H and O–H groups in total. The fourth-order valence-electron chi connectivity index (χ4n) is 4.11. The minimum atomic E-state index is -0.0254. The SMILES string of the molecule is CCO[C@H]1C[C@@H](NC(=O)NCCCCc2cnn(C)c2)C12CCC2. The van der Waals surface area contributed by atoms with Crippen molar-refractivity contribution >= 4 is 6.03 Å². The van der Waals surface area contributed by atoms with E-state index in [-0.39, 0.29) is 17.5 Å². The van der Waals surface area contributed by atoms with Crippen molar-refractivity contribution in [2.45, 2.75) is 64.0 Å². The Kier molecular flexibility index (Phi) is 5.43. The van der Waals surface area contributed by atoms with Crippen molar-refractivity contribution in [1.82, 2.24) is 20.4 Å². The van der Waals surface area contributed by atoms with Crippen LogP contribution in [0.3, 0.4) is 0 Å². The molecule has 2 amide bonds. The third kappa shape index (κ3) is 3.58. The largest absolute Gasteiger partial charge is 0.378 e. The number of urea groups is 1. The molecule has 1 heterocycles. The quantitative estimate of drug-likeness (QED) is 0.717. The van der Waals surface area contributed by atoms with Gasteiger partial charge in [0.2, 0.25) is 0 Å². The Bertz CT molecular complexity index is 553. The monoisotopic (exact) mass is 334 g/mol. The van der Waals surface area contributed by atoms with Crippen molar-refractivity contribution in [1.29, 1.82) is 0 Å². The van der Waals surface area contributed by atoms with E-state index < -0.39 is 0 Å². The lowest BCUT2D eigenvalue weighted by Crippen LogP contribution is -2.68. The number of unbranched alkanes of at least 4 members (excludes halogenated alkanes) is 1. The zero-order chi connectivity index (χ0) is 17.0. The van der Waals surface area contributed by atoms with Crippen LogP contribution in [0.2, 0.25) is 0 Å². The summed E-state index contributed by atoms with van der Waals surface area (Å²) in [6.07, 6.45) is 12.0. The fourth-order valence-corrected chi connectivity index (χ4v) is 4.11. The van der Waals surface area contributed by atoms with Gasteiger partial charge in [-0.05, 0) is 51.0 Å². The Morgan fingerprint density at radius 3 is 2.92 bits per heavy atom. The number of carbonyl (C=O) groups is 1. The summed E-state index contributed by atoms with van der Waals surface area (Å²) in [6.45, 7) is 3.54. The molecular formula is C18H30N4O2. The third-order valence-electron chi connectivity index (χ3n) is 5.68.